The Balaban J connectivity index is 1.93. The number of hydrogen-bond acceptors (Lipinski definition) is 4. The summed E-state index contributed by atoms with van der Waals surface area (Å²) in [6.45, 7) is 0.0512. The largest absolute Gasteiger partial charge is 0.478 e. The van der Waals surface area contributed by atoms with Gasteiger partial charge in [0.15, 0.2) is 0 Å². The minimum Gasteiger partial charge on any atom is -0.478 e. The number of nitrogens with zero attached hydrogens (tertiary/aromatic N) is 1. The molecule has 3 rings (SSSR count). The Morgan fingerprint density at radius 3 is 1.43 bits per heavy atom. The van der Waals surface area contributed by atoms with Gasteiger partial charge in [-0.25, -0.2) is 18.0 Å². The van der Waals surface area contributed by atoms with Gasteiger partial charge in [0.2, 0.25) is 10.0 Å². The first-order chi connectivity index (χ1) is 14.3. The van der Waals surface area contributed by atoms with Crippen LogP contribution >= 0.6 is 0 Å². The number of aromatic carboxylic acids is 2. The lowest BCUT2D eigenvalue weighted by Gasteiger charge is -2.23. The van der Waals surface area contributed by atoms with Crippen molar-refractivity contribution in [1.82, 2.24) is 4.31 Å². The highest BCUT2D eigenvalue weighted by Gasteiger charge is 2.25. The maximum Gasteiger partial charge on any atom is 0.335 e. The van der Waals surface area contributed by atoms with E-state index >= 15 is 0 Å². The van der Waals surface area contributed by atoms with Crippen LogP contribution in [0.2, 0.25) is 0 Å². The summed E-state index contributed by atoms with van der Waals surface area (Å²) < 4.78 is 27.7. The van der Waals surface area contributed by atoms with E-state index in [0.29, 0.717) is 11.1 Å². The number of carboxylic acids is 2. The van der Waals surface area contributed by atoms with E-state index in [4.69, 9.17) is 10.2 Å². The summed E-state index contributed by atoms with van der Waals surface area (Å²) in [6, 6.07) is 20.0. The SMILES string of the molecule is O=C(O)c1ccc(CN(Cc2ccc(C(=O)O)cc2)S(=O)(=O)c2ccccc2)cc1. The molecule has 2 N–H and O–H groups in total. The van der Waals surface area contributed by atoms with Crippen molar-refractivity contribution >= 4 is 22.0 Å². The van der Waals surface area contributed by atoms with E-state index in [-0.39, 0.29) is 29.1 Å². The third kappa shape index (κ3) is 4.91. The van der Waals surface area contributed by atoms with Gasteiger partial charge < -0.3 is 10.2 Å². The third-order valence-corrected chi connectivity index (χ3v) is 6.31. The molecule has 3 aromatic carbocycles. The molecule has 7 nitrogen and oxygen atoms in total. The quantitative estimate of drug-likeness (QED) is 0.572. The summed E-state index contributed by atoms with van der Waals surface area (Å²) in [5.41, 5.74) is 1.48. The van der Waals surface area contributed by atoms with Gasteiger partial charge in [0.05, 0.1) is 16.0 Å². The van der Waals surface area contributed by atoms with Gasteiger partial charge in [0.25, 0.3) is 0 Å². The fraction of sp³-hybridized carbons (Fsp3) is 0.0909. The first kappa shape index (κ1) is 21.2. The van der Waals surface area contributed by atoms with Gasteiger partial charge in [0.1, 0.15) is 0 Å². The number of benzene rings is 3. The van der Waals surface area contributed by atoms with Crippen molar-refractivity contribution in [3.8, 4) is 0 Å². The Hall–Kier alpha value is -3.49. The number of rotatable bonds is 8. The molecule has 154 valence electrons. The molecule has 0 amide bonds. The van der Waals surface area contributed by atoms with E-state index in [0.717, 1.165) is 0 Å². The van der Waals surface area contributed by atoms with Crippen molar-refractivity contribution in [2.45, 2.75) is 18.0 Å². The lowest BCUT2D eigenvalue weighted by Crippen LogP contribution is -2.30. The zero-order valence-electron chi connectivity index (χ0n) is 15.8. The Kier molecular flexibility index (Phi) is 6.29. The summed E-state index contributed by atoms with van der Waals surface area (Å²) in [7, 11) is -3.85. The number of carboxylic acid groups (broad SMARTS) is 2. The predicted octanol–water partition coefficient (Wildman–Crippen LogP) is 3.47. The molecule has 0 atom stereocenters. The summed E-state index contributed by atoms with van der Waals surface area (Å²) in [5, 5.41) is 18.1. The van der Waals surface area contributed by atoms with E-state index in [1.165, 1.54) is 40.7 Å². The number of sulfonamides is 1. The van der Waals surface area contributed by atoms with Gasteiger partial charge >= 0.3 is 11.9 Å². The van der Waals surface area contributed by atoms with Crippen molar-refractivity contribution in [1.29, 1.82) is 0 Å². The van der Waals surface area contributed by atoms with E-state index in [1.54, 1.807) is 42.5 Å². The maximum absolute atomic E-state index is 13.2. The molecule has 3 aromatic rings. The Morgan fingerprint density at radius 1 is 0.667 bits per heavy atom. The molecular formula is C22H19NO6S. The monoisotopic (exact) mass is 425 g/mol. The van der Waals surface area contributed by atoms with Crippen molar-refractivity contribution < 1.29 is 28.2 Å². The topological polar surface area (TPSA) is 112 Å². The molecule has 0 heterocycles. The second-order valence-electron chi connectivity index (χ2n) is 6.59. The van der Waals surface area contributed by atoms with Gasteiger partial charge in [-0.2, -0.15) is 4.31 Å². The molecule has 0 aliphatic heterocycles. The van der Waals surface area contributed by atoms with Crippen molar-refractivity contribution in [2.75, 3.05) is 0 Å². The summed E-state index contributed by atoms with van der Waals surface area (Å²) in [5.74, 6) is -2.12. The maximum atomic E-state index is 13.2. The first-order valence-electron chi connectivity index (χ1n) is 8.97. The second kappa shape index (κ2) is 8.89. The molecule has 0 unspecified atom stereocenters. The highest BCUT2D eigenvalue weighted by molar-refractivity contribution is 7.89. The molecule has 0 radical (unpaired) electrons. The van der Waals surface area contributed by atoms with E-state index in [2.05, 4.69) is 0 Å². The van der Waals surface area contributed by atoms with E-state index < -0.39 is 22.0 Å². The molecule has 0 saturated heterocycles. The average Bonchev–Trinajstić information content (AvgIpc) is 2.74. The van der Waals surface area contributed by atoms with Crippen molar-refractivity contribution in [3.05, 3.63) is 101 Å². The Morgan fingerprint density at radius 2 is 1.07 bits per heavy atom. The lowest BCUT2D eigenvalue weighted by atomic mass is 10.1. The fourth-order valence-corrected chi connectivity index (χ4v) is 4.32. The molecule has 0 aliphatic rings. The van der Waals surface area contributed by atoms with Gasteiger partial charge in [-0.1, -0.05) is 42.5 Å². The van der Waals surface area contributed by atoms with Crippen LogP contribution in [-0.4, -0.2) is 34.9 Å². The molecule has 8 heteroatoms. The van der Waals surface area contributed by atoms with Crippen LogP contribution in [0.15, 0.2) is 83.8 Å². The summed E-state index contributed by atoms with van der Waals surface area (Å²) in [4.78, 5) is 22.2. The second-order valence-corrected chi connectivity index (χ2v) is 8.53. The van der Waals surface area contributed by atoms with E-state index in [1.807, 2.05) is 0 Å². The third-order valence-electron chi connectivity index (χ3n) is 4.50. The van der Waals surface area contributed by atoms with Crippen LogP contribution in [0.4, 0.5) is 0 Å². The van der Waals surface area contributed by atoms with Crippen LogP contribution in [0.5, 0.6) is 0 Å². The zero-order chi connectivity index (χ0) is 21.7. The average molecular weight is 425 g/mol. The van der Waals surface area contributed by atoms with E-state index in [9.17, 15) is 18.0 Å². The van der Waals surface area contributed by atoms with Gasteiger partial charge in [0, 0.05) is 13.1 Å². The Labute approximate surface area is 173 Å². The minimum absolute atomic E-state index is 0.0256. The molecule has 0 aromatic heterocycles. The normalized spacial score (nSPS) is 11.4. The molecule has 0 spiro atoms. The summed E-state index contributed by atoms with van der Waals surface area (Å²) in [6.07, 6.45) is 0. The van der Waals surface area contributed by atoms with Crippen molar-refractivity contribution in [2.24, 2.45) is 0 Å². The van der Waals surface area contributed by atoms with Crippen LogP contribution in [0.25, 0.3) is 0 Å². The Bertz CT molecular complexity index is 1080. The lowest BCUT2D eigenvalue weighted by molar-refractivity contribution is 0.0686. The highest BCUT2D eigenvalue weighted by Crippen LogP contribution is 2.21. The predicted molar refractivity (Wildman–Crippen MR) is 110 cm³/mol. The van der Waals surface area contributed by atoms with Gasteiger partial charge in [-0.3, -0.25) is 0 Å². The highest BCUT2D eigenvalue weighted by atomic mass is 32.2. The molecule has 0 aliphatic carbocycles. The molecule has 0 bridgehead atoms. The molecule has 30 heavy (non-hydrogen) atoms. The summed E-state index contributed by atoms with van der Waals surface area (Å²) >= 11 is 0. The number of carbonyl (C=O) groups is 2. The molecular weight excluding hydrogens is 406 g/mol. The van der Waals surface area contributed by atoms with Crippen LogP contribution in [-0.2, 0) is 23.1 Å². The zero-order valence-corrected chi connectivity index (χ0v) is 16.6. The molecule has 0 fully saturated rings. The van der Waals surface area contributed by atoms with Crippen LogP contribution in [0.1, 0.15) is 31.8 Å². The smallest absolute Gasteiger partial charge is 0.335 e. The van der Waals surface area contributed by atoms with Crippen LogP contribution in [0.3, 0.4) is 0 Å². The van der Waals surface area contributed by atoms with Crippen molar-refractivity contribution in [3.63, 3.8) is 0 Å². The number of hydrogen-bond donors (Lipinski definition) is 2. The van der Waals surface area contributed by atoms with Gasteiger partial charge in [-0.05, 0) is 47.5 Å². The minimum atomic E-state index is -3.85. The van der Waals surface area contributed by atoms with Crippen LogP contribution in [0, 0.1) is 0 Å². The first-order valence-corrected chi connectivity index (χ1v) is 10.4. The fourth-order valence-electron chi connectivity index (χ4n) is 2.88. The standard InChI is InChI=1S/C22H19NO6S/c24-21(25)18-10-6-16(7-11-18)14-23(30(28,29)20-4-2-1-3-5-20)15-17-8-12-19(13-9-17)22(26)27/h1-13H,14-15H2,(H,24,25)(H,26,27). The van der Waals surface area contributed by atoms with Crippen LogP contribution < -0.4 is 0 Å². The molecule has 0 saturated carbocycles. The van der Waals surface area contributed by atoms with Gasteiger partial charge in [-0.15, -0.1) is 0 Å².